The van der Waals surface area contributed by atoms with E-state index in [1.54, 1.807) is 12.1 Å². The first-order chi connectivity index (χ1) is 9.12. The average Bonchev–Trinajstić information content (AvgIpc) is 2.46. The third kappa shape index (κ3) is 3.75. The van der Waals surface area contributed by atoms with Crippen LogP contribution in [0.3, 0.4) is 0 Å². The Morgan fingerprint density at radius 2 is 2.37 bits per heavy atom. The van der Waals surface area contributed by atoms with Gasteiger partial charge < -0.3 is 10.1 Å². The summed E-state index contributed by atoms with van der Waals surface area (Å²) in [7, 11) is -3.59. The Kier molecular flexibility index (Phi) is 4.50. The molecular formula is C12H15N3O3S. The summed E-state index contributed by atoms with van der Waals surface area (Å²) >= 11 is 0. The molecule has 0 radical (unpaired) electrons. The summed E-state index contributed by atoms with van der Waals surface area (Å²) in [5.74, 6) is 0. The number of morpholine rings is 1. The van der Waals surface area contributed by atoms with Crippen molar-refractivity contribution in [3.05, 3.63) is 29.8 Å². The third-order valence-corrected chi connectivity index (χ3v) is 4.21. The highest BCUT2D eigenvalue weighted by atomic mass is 32.2. The molecule has 1 saturated heterocycles. The zero-order valence-corrected chi connectivity index (χ0v) is 11.1. The molecule has 0 saturated carbocycles. The van der Waals surface area contributed by atoms with Crippen LogP contribution in [-0.2, 0) is 14.8 Å². The molecule has 0 spiro atoms. The van der Waals surface area contributed by atoms with Gasteiger partial charge in [-0.1, -0.05) is 6.07 Å². The number of nitrogens with zero attached hydrogens (tertiary/aromatic N) is 1. The Balaban J connectivity index is 2.03. The molecule has 102 valence electrons. The maximum absolute atomic E-state index is 12.1. The van der Waals surface area contributed by atoms with E-state index in [0.29, 0.717) is 18.8 Å². The molecule has 2 N–H and O–H groups in total. The fraction of sp³-hybridized carbons (Fsp3) is 0.417. The van der Waals surface area contributed by atoms with Gasteiger partial charge in [-0.05, 0) is 18.2 Å². The van der Waals surface area contributed by atoms with Crippen molar-refractivity contribution in [2.24, 2.45) is 0 Å². The number of hydrogen-bond acceptors (Lipinski definition) is 5. The van der Waals surface area contributed by atoms with E-state index in [4.69, 9.17) is 10.00 Å². The van der Waals surface area contributed by atoms with Crippen molar-refractivity contribution in [2.45, 2.75) is 10.9 Å². The third-order valence-electron chi connectivity index (χ3n) is 2.79. The van der Waals surface area contributed by atoms with Gasteiger partial charge in [-0.25, -0.2) is 13.1 Å². The van der Waals surface area contributed by atoms with Crippen LogP contribution in [0.5, 0.6) is 0 Å². The number of benzene rings is 1. The highest BCUT2D eigenvalue weighted by molar-refractivity contribution is 7.89. The highest BCUT2D eigenvalue weighted by Gasteiger charge is 2.18. The van der Waals surface area contributed by atoms with Gasteiger partial charge in [0.05, 0.1) is 29.7 Å². The average molecular weight is 281 g/mol. The molecule has 1 heterocycles. The van der Waals surface area contributed by atoms with Crippen molar-refractivity contribution in [3.63, 3.8) is 0 Å². The summed E-state index contributed by atoms with van der Waals surface area (Å²) in [5, 5.41) is 11.9. The topological polar surface area (TPSA) is 91.2 Å². The van der Waals surface area contributed by atoms with E-state index in [9.17, 15) is 8.42 Å². The molecule has 0 aliphatic carbocycles. The molecule has 0 bridgehead atoms. The lowest BCUT2D eigenvalue weighted by Gasteiger charge is -2.23. The Bertz CT molecular complexity index is 574. The fourth-order valence-electron chi connectivity index (χ4n) is 1.78. The molecule has 2 rings (SSSR count). The first-order valence-corrected chi connectivity index (χ1v) is 7.41. The molecule has 1 aliphatic heterocycles. The lowest BCUT2D eigenvalue weighted by Crippen LogP contribution is -2.48. The fourth-order valence-corrected chi connectivity index (χ4v) is 2.90. The molecule has 0 aromatic heterocycles. The Labute approximate surface area is 112 Å². The number of nitrogens with one attached hydrogen (secondary N) is 2. The normalized spacial score (nSPS) is 19.8. The summed E-state index contributed by atoms with van der Waals surface area (Å²) < 4.78 is 31.9. The minimum Gasteiger partial charge on any atom is -0.378 e. The lowest BCUT2D eigenvalue weighted by molar-refractivity contribution is 0.0784. The molecule has 1 aromatic carbocycles. The van der Waals surface area contributed by atoms with Crippen molar-refractivity contribution >= 4 is 10.0 Å². The lowest BCUT2D eigenvalue weighted by atomic mass is 10.2. The second-order valence-corrected chi connectivity index (χ2v) is 5.98. The maximum Gasteiger partial charge on any atom is 0.240 e. The van der Waals surface area contributed by atoms with Crippen LogP contribution in [0.2, 0.25) is 0 Å². The van der Waals surface area contributed by atoms with Crippen molar-refractivity contribution in [1.82, 2.24) is 10.0 Å². The smallest absolute Gasteiger partial charge is 0.240 e. The van der Waals surface area contributed by atoms with Crippen LogP contribution in [0.1, 0.15) is 5.56 Å². The van der Waals surface area contributed by atoms with Gasteiger partial charge in [0, 0.05) is 19.1 Å². The first kappa shape index (κ1) is 14.0. The number of sulfonamides is 1. The van der Waals surface area contributed by atoms with Gasteiger partial charge in [0.1, 0.15) is 0 Å². The molecule has 6 nitrogen and oxygen atoms in total. The van der Waals surface area contributed by atoms with Gasteiger partial charge in [-0.3, -0.25) is 0 Å². The summed E-state index contributed by atoms with van der Waals surface area (Å²) in [6, 6.07) is 7.83. The molecule has 1 unspecified atom stereocenters. The van der Waals surface area contributed by atoms with Crippen LogP contribution in [0, 0.1) is 11.3 Å². The quantitative estimate of drug-likeness (QED) is 0.799. The van der Waals surface area contributed by atoms with E-state index in [1.165, 1.54) is 12.1 Å². The van der Waals surface area contributed by atoms with E-state index in [1.807, 2.05) is 6.07 Å². The zero-order valence-electron chi connectivity index (χ0n) is 10.3. The van der Waals surface area contributed by atoms with Crippen LogP contribution in [0.15, 0.2) is 29.2 Å². The molecule has 0 amide bonds. The number of nitriles is 1. The van der Waals surface area contributed by atoms with Crippen LogP contribution < -0.4 is 10.0 Å². The van der Waals surface area contributed by atoms with Gasteiger partial charge in [-0.15, -0.1) is 0 Å². The van der Waals surface area contributed by atoms with Crippen molar-refractivity contribution < 1.29 is 13.2 Å². The van der Waals surface area contributed by atoms with E-state index in [-0.39, 0.29) is 17.5 Å². The highest BCUT2D eigenvalue weighted by Crippen LogP contribution is 2.10. The molecule has 1 aliphatic rings. The molecule has 1 aromatic rings. The van der Waals surface area contributed by atoms with Crippen LogP contribution in [0.25, 0.3) is 0 Å². The van der Waals surface area contributed by atoms with Crippen molar-refractivity contribution in [2.75, 3.05) is 26.3 Å². The summed E-state index contributed by atoms with van der Waals surface area (Å²) in [5.41, 5.74) is 0.321. The monoisotopic (exact) mass is 281 g/mol. The summed E-state index contributed by atoms with van der Waals surface area (Å²) in [6.45, 7) is 2.11. The zero-order chi connectivity index (χ0) is 13.7. The maximum atomic E-state index is 12.1. The van der Waals surface area contributed by atoms with E-state index < -0.39 is 10.0 Å². The second kappa shape index (κ2) is 6.12. The molecular weight excluding hydrogens is 266 g/mol. The van der Waals surface area contributed by atoms with E-state index in [0.717, 1.165) is 6.54 Å². The number of hydrogen-bond donors (Lipinski definition) is 2. The van der Waals surface area contributed by atoms with Crippen LogP contribution in [-0.4, -0.2) is 40.8 Å². The molecule has 1 fully saturated rings. The van der Waals surface area contributed by atoms with Gasteiger partial charge in [0.2, 0.25) is 10.0 Å². The number of rotatable bonds is 4. The SMILES string of the molecule is N#Cc1cccc(S(=O)(=O)NCC2COCCN2)c1. The standard InChI is InChI=1S/C12H15N3O3S/c13-7-10-2-1-3-12(6-10)19(16,17)15-8-11-9-18-5-4-14-11/h1-3,6,11,14-15H,4-5,8-9H2. The second-order valence-electron chi connectivity index (χ2n) is 4.22. The van der Waals surface area contributed by atoms with Crippen LogP contribution in [0.4, 0.5) is 0 Å². The molecule has 19 heavy (non-hydrogen) atoms. The first-order valence-electron chi connectivity index (χ1n) is 5.93. The van der Waals surface area contributed by atoms with E-state index >= 15 is 0 Å². The predicted octanol–water partition coefficient (Wildman–Crippen LogP) is -0.175. The minimum atomic E-state index is -3.59. The Morgan fingerprint density at radius 3 is 3.05 bits per heavy atom. The predicted molar refractivity (Wildman–Crippen MR) is 69.0 cm³/mol. The van der Waals surface area contributed by atoms with Crippen LogP contribution >= 0.6 is 0 Å². The number of ether oxygens (including phenoxy) is 1. The minimum absolute atomic E-state index is 0.0253. The molecule has 7 heteroatoms. The Morgan fingerprint density at radius 1 is 1.53 bits per heavy atom. The van der Waals surface area contributed by atoms with Crippen molar-refractivity contribution in [1.29, 1.82) is 5.26 Å². The summed E-state index contributed by atoms with van der Waals surface area (Å²) in [4.78, 5) is 0.100. The summed E-state index contributed by atoms with van der Waals surface area (Å²) in [6.07, 6.45) is 0. The Hall–Kier alpha value is -1.46. The largest absolute Gasteiger partial charge is 0.378 e. The van der Waals surface area contributed by atoms with Gasteiger partial charge in [0.15, 0.2) is 0 Å². The molecule has 1 atom stereocenters. The van der Waals surface area contributed by atoms with Gasteiger partial charge >= 0.3 is 0 Å². The van der Waals surface area contributed by atoms with Crippen molar-refractivity contribution in [3.8, 4) is 6.07 Å². The van der Waals surface area contributed by atoms with E-state index in [2.05, 4.69) is 10.0 Å². The van der Waals surface area contributed by atoms with Gasteiger partial charge in [0.25, 0.3) is 0 Å². The van der Waals surface area contributed by atoms with Gasteiger partial charge in [-0.2, -0.15) is 5.26 Å².